The minimum absolute atomic E-state index is 0.150. The molecule has 2 atom stereocenters. The maximum atomic E-state index is 12.0. The number of hydrogen-bond acceptors (Lipinski definition) is 7. The highest BCUT2D eigenvalue weighted by molar-refractivity contribution is 7.14. The van der Waals surface area contributed by atoms with E-state index in [1.165, 1.54) is 22.7 Å². The molecule has 0 radical (unpaired) electrons. The van der Waals surface area contributed by atoms with Crippen molar-refractivity contribution in [3.8, 4) is 0 Å². The Labute approximate surface area is 166 Å². The monoisotopic (exact) mass is 408 g/mol. The maximum Gasteiger partial charge on any atom is 0.261 e. The summed E-state index contributed by atoms with van der Waals surface area (Å²) in [4.78, 5) is 31.3. The largest absolute Gasteiger partial charge is 0.373 e. The molecule has 2 aromatic heterocycles. The number of nitrogens with zero attached hydrogens (tertiary/aromatic N) is 2. The molecule has 0 aromatic carbocycles. The van der Waals surface area contributed by atoms with E-state index in [-0.39, 0.29) is 30.4 Å². The molecule has 27 heavy (non-hydrogen) atoms. The number of hydrogen-bond donors (Lipinski definition) is 2. The molecule has 0 aliphatic carbocycles. The number of nitrogens with one attached hydrogen (secondary N) is 2. The molecule has 1 aliphatic heterocycles. The van der Waals surface area contributed by atoms with Crippen molar-refractivity contribution in [2.75, 3.05) is 25.0 Å². The predicted octanol–water partition coefficient (Wildman–Crippen LogP) is 2.57. The van der Waals surface area contributed by atoms with E-state index >= 15 is 0 Å². The summed E-state index contributed by atoms with van der Waals surface area (Å²) in [6.45, 7) is 6.96. The fourth-order valence-electron chi connectivity index (χ4n) is 3.05. The van der Waals surface area contributed by atoms with Crippen LogP contribution >= 0.6 is 22.7 Å². The smallest absolute Gasteiger partial charge is 0.261 e. The van der Waals surface area contributed by atoms with Gasteiger partial charge in [-0.2, -0.15) is 0 Å². The van der Waals surface area contributed by atoms with E-state index in [9.17, 15) is 9.59 Å². The number of morpholine rings is 1. The van der Waals surface area contributed by atoms with Gasteiger partial charge in [-0.3, -0.25) is 14.5 Å². The van der Waals surface area contributed by atoms with Gasteiger partial charge in [0.1, 0.15) is 0 Å². The first-order chi connectivity index (χ1) is 13.0. The van der Waals surface area contributed by atoms with Gasteiger partial charge < -0.3 is 15.4 Å². The van der Waals surface area contributed by atoms with E-state index in [1.54, 1.807) is 6.07 Å². The van der Waals surface area contributed by atoms with Crippen LogP contribution in [0, 0.1) is 0 Å². The molecule has 3 heterocycles. The van der Waals surface area contributed by atoms with Crippen LogP contribution in [-0.2, 0) is 16.1 Å². The van der Waals surface area contributed by atoms with Crippen LogP contribution in [0.4, 0.5) is 5.13 Å². The average Bonchev–Trinajstić information content (AvgIpc) is 3.26. The Morgan fingerprint density at radius 3 is 2.78 bits per heavy atom. The molecule has 1 aliphatic rings. The number of rotatable bonds is 7. The number of carbonyl (C=O) groups is 2. The number of aromatic nitrogens is 1. The first kappa shape index (κ1) is 19.9. The Kier molecular flexibility index (Phi) is 6.95. The van der Waals surface area contributed by atoms with E-state index in [0.29, 0.717) is 16.6 Å². The molecule has 9 heteroatoms. The topological polar surface area (TPSA) is 83.6 Å². The maximum absolute atomic E-state index is 12.0. The van der Waals surface area contributed by atoms with E-state index in [2.05, 4.69) is 34.4 Å². The lowest BCUT2D eigenvalue weighted by molar-refractivity contribution is -0.116. The first-order valence-corrected chi connectivity index (χ1v) is 10.7. The summed E-state index contributed by atoms with van der Waals surface area (Å²) >= 11 is 2.80. The second-order valence-electron chi connectivity index (χ2n) is 6.63. The summed E-state index contributed by atoms with van der Waals surface area (Å²) in [5.74, 6) is -0.306. The molecule has 1 fully saturated rings. The van der Waals surface area contributed by atoms with Crippen LogP contribution in [0.3, 0.4) is 0 Å². The Balaban J connectivity index is 1.40. The third-order valence-corrected chi connectivity index (χ3v) is 5.74. The van der Waals surface area contributed by atoms with Gasteiger partial charge in [0.15, 0.2) is 5.13 Å². The molecule has 2 N–H and O–H groups in total. The molecular formula is C18H24N4O3S2. The van der Waals surface area contributed by atoms with Crippen LogP contribution in [-0.4, -0.2) is 53.5 Å². The second kappa shape index (κ2) is 9.41. The van der Waals surface area contributed by atoms with Gasteiger partial charge in [-0.25, -0.2) is 4.98 Å². The standard InChI is InChI=1S/C18H24N4O3S2/c1-12-8-22(9-13(2)25-12)10-14-11-27-18(20-14)21-16(23)5-6-19-17(24)15-4-3-7-26-15/h3-4,7,11-13H,5-6,8-10H2,1-2H3,(H,19,24)(H,20,21,23). The zero-order valence-electron chi connectivity index (χ0n) is 15.4. The van der Waals surface area contributed by atoms with Crippen molar-refractivity contribution < 1.29 is 14.3 Å². The summed E-state index contributed by atoms with van der Waals surface area (Å²) in [6, 6.07) is 3.58. The van der Waals surface area contributed by atoms with E-state index < -0.39 is 0 Å². The molecular weight excluding hydrogens is 384 g/mol. The van der Waals surface area contributed by atoms with Crippen LogP contribution in [0.2, 0.25) is 0 Å². The number of thiophene rings is 1. The first-order valence-electron chi connectivity index (χ1n) is 8.93. The third kappa shape index (κ3) is 6.10. The van der Waals surface area contributed by atoms with Gasteiger partial charge in [-0.1, -0.05) is 6.07 Å². The van der Waals surface area contributed by atoms with Gasteiger partial charge in [-0.05, 0) is 25.3 Å². The van der Waals surface area contributed by atoms with Crippen LogP contribution in [0.15, 0.2) is 22.9 Å². The molecule has 3 rings (SSSR count). The summed E-state index contributed by atoms with van der Waals surface area (Å²) in [7, 11) is 0. The minimum Gasteiger partial charge on any atom is -0.373 e. The van der Waals surface area contributed by atoms with Crippen molar-refractivity contribution in [1.29, 1.82) is 0 Å². The quantitative estimate of drug-likeness (QED) is 0.736. The average molecular weight is 409 g/mol. The van der Waals surface area contributed by atoms with Gasteiger partial charge in [0.25, 0.3) is 5.91 Å². The molecule has 1 saturated heterocycles. The highest BCUT2D eigenvalue weighted by atomic mass is 32.1. The number of thiazole rings is 1. The number of anilines is 1. The minimum atomic E-state index is -0.156. The summed E-state index contributed by atoms with van der Waals surface area (Å²) in [6.07, 6.45) is 0.650. The third-order valence-electron chi connectivity index (χ3n) is 4.06. The van der Waals surface area contributed by atoms with Crippen LogP contribution in [0.25, 0.3) is 0 Å². The lowest BCUT2D eigenvalue weighted by Crippen LogP contribution is -2.44. The molecule has 0 saturated carbocycles. The molecule has 0 bridgehead atoms. The SMILES string of the molecule is CC1CN(Cc2csc(NC(=O)CCNC(=O)c3cccs3)n2)CC(C)O1. The van der Waals surface area contributed by atoms with E-state index in [0.717, 1.165) is 25.3 Å². The van der Waals surface area contributed by atoms with E-state index in [1.807, 2.05) is 16.8 Å². The van der Waals surface area contributed by atoms with Gasteiger partial charge in [0, 0.05) is 38.0 Å². The summed E-state index contributed by atoms with van der Waals surface area (Å²) in [5, 5.41) is 9.96. The van der Waals surface area contributed by atoms with Crippen LogP contribution < -0.4 is 10.6 Å². The van der Waals surface area contributed by atoms with Crippen molar-refractivity contribution in [2.24, 2.45) is 0 Å². The highest BCUT2D eigenvalue weighted by Gasteiger charge is 2.22. The number of ether oxygens (including phenoxy) is 1. The van der Waals surface area contributed by atoms with Crippen LogP contribution in [0.1, 0.15) is 35.6 Å². The summed E-state index contributed by atoms with van der Waals surface area (Å²) in [5.41, 5.74) is 0.947. The predicted molar refractivity (Wildman–Crippen MR) is 107 cm³/mol. The van der Waals surface area contributed by atoms with Crippen LogP contribution in [0.5, 0.6) is 0 Å². The van der Waals surface area contributed by atoms with Crippen molar-refractivity contribution >= 4 is 39.6 Å². The van der Waals surface area contributed by atoms with Gasteiger partial charge in [0.05, 0.1) is 22.8 Å². The zero-order valence-corrected chi connectivity index (χ0v) is 17.1. The van der Waals surface area contributed by atoms with Gasteiger partial charge in [0.2, 0.25) is 5.91 Å². The van der Waals surface area contributed by atoms with Crippen molar-refractivity contribution in [2.45, 2.75) is 39.0 Å². The molecule has 146 valence electrons. The molecule has 7 nitrogen and oxygen atoms in total. The molecule has 0 spiro atoms. The van der Waals surface area contributed by atoms with Crippen molar-refractivity contribution in [3.63, 3.8) is 0 Å². The fourth-order valence-corrected chi connectivity index (χ4v) is 4.40. The lowest BCUT2D eigenvalue weighted by atomic mass is 10.2. The Morgan fingerprint density at radius 1 is 1.30 bits per heavy atom. The van der Waals surface area contributed by atoms with E-state index in [4.69, 9.17) is 4.74 Å². The van der Waals surface area contributed by atoms with Crippen molar-refractivity contribution in [1.82, 2.24) is 15.2 Å². The molecule has 2 unspecified atom stereocenters. The van der Waals surface area contributed by atoms with Gasteiger partial charge in [-0.15, -0.1) is 22.7 Å². The molecule has 2 aromatic rings. The normalized spacial score (nSPS) is 20.4. The highest BCUT2D eigenvalue weighted by Crippen LogP contribution is 2.19. The molecule has 2 amide bonds. The second-order valence-corrected chi connectivity index (χ2v) is 8.43. The van der Waals surface area contributed by atoms with Gasteiger partial charge >= 0.3 is 0 Å². The summed E-state index contributed by atoms with van der Waals surface area (Å²) < 4.78 is 5.74. The number of carbonyl (C=O) groups excluding carboxylic acids is 2. The Bertz CT molecular complexity index is 753. The Morgan fingerprint density at radius 2 is 2.07 bits per heavy atom. The fraction of sp³-hybridized carbons (Fsp3) is 0.500. The lowest BCUT2D eigenvalue weighted by Gasteiger charge is -2.34. The zero-order chi connectivity index (χ0) is 19.2. The number of amides is 2. The van der Waals surface area contributed by atoms with Crippen molar-refractivity contribution in [3.05, 3.63) is 33.5 Å². The Hall–Kier alpha value is -1.81.